The fraction of sp³-hybridized carbons (Fsp3) is 0.214. The molecule has 11 heteroatoms. The van der Waals surface area contributed by atoms with Crippen LogP contribution in [0.2, 0.25) is 0 Å². The van der Waals surface area contributed by atoms with E-state index in [1.807, 2.05) is 24.3 Å². The molecule has 0 saturated carbocycles. The zero-order valence-electron chi connectivity index (χ0n) is 20.9. The third kappa shape index (κ3) is 5.47. The van der Waals surface area contributed by atoms with Crippen LogP contribution in [-0.2, 0) is 16.1 Å². The molecule has 0 bridgehead atoms. The number of aromatic carboxylic acids is 1. The first kappa shape index (κ1) is 26.0. The molecule has 0 spiro atoms. The summed E-state index contributed by atoms with van der Waals surface area (Å²) in [5.41, 5.74) is 3.76. The lowest BCUT2D eigenvalue weighted by molar-refractivity contribution is 0.0606. The number of hydrogen-bond donors (Lipinski definition) is 1. The zero-order chi connectivity index (χ0) is 27.4. The van der Waals surface area contributed by atoms with Gasteiger partial charge in [-0.1, -0.05) is 12.1 Å². The molecular weight excluding hydrogens is 522 g/mol. The maximum atomic E-state index is 12.0. The number of furan rings is 1. The van der Waals surface area contributed by atoms with Crippen molar-refractivity contribution in [3.05, 3.63) is 75.9 Å². The predicted octanol–water partition coefficient (Wildman–Crippen LogP) is 4.84. The molecule has 4 heterocycles. The molecule has 1 aromatic carbocycles. The predicted molar refractivity (Wildman–Crippen MR) is 142 cm³/mol. The number of nitrogens with zero attached hydrogens (tertiary/aromatic N) is 3. The summed E-state index contributed by atoms with van der Waals surface area (Å²) in [6.45, 7) is 2.78. The van der Waals surface area contributed by atoms with Gasteiger partial charge in [0.05, 0.1) is 49.0 Å². The molecule has 0 amide bonds. The number of aromatic nitrogens is 1. The fourth-order valence-corrected chi connectivity index (χ4v) is 5.23. The lowest BCUT2D eigenvalue weighted by Gasteiger charge is -2.28. The van der Waals surface area contributed by atoms with Gasteiger partial charge in [0.15, 0.2) is 0 Å². The number of carboxylic acids is 1. The van der Waals surface area contributed by atoms with Crippen LogP contribution in [-0.4, -0.2) is 55.4 Å². The van der Waals surface area contributed by atoms with Gasteiger partial charge in [0.1, 0.15) is 23.1 Å². The van der Waals surface area contributed by atoms with E-state index in [0.29, 0.717) is 34.9 Å². The smallest absolute Gasteiger partial charge is 0.348 e. The molecule has 1 aliphatic heterocycles. The molecule has 5 rings (SSSR count). The number of carbonyl (C=O) groups is 2. The van der Waals surface area contributed by atoms with E-state index in [1.165, 1.54) is 25.7 Å². The molecule has 1 N–H and O–H groups in total. The number of ether oxygens (including phenoxy) is 3. The van der Waals surface area contributed by atoms with E-state index in [9.17, 15) is 20.0 Å². The number of nitriles is 1. The number of benzene rings is 1. The highest BCUT2D eigenvalue weighted by Gasteiger charge is 2.22. The Labute approximate surface area is 227 Å². The van der Waals surface area contributed by atoms with Crippen LogP contribution in [0.5, 0.6) is 5.88 Å². The highest BCUT2D eigenvalue weighted by atomic mass is 32.1. The van der Waals surface area contributed by atoms with Gasteiger partial charge >= 0.3 is 11.9 Å². The maximum Gasteiger partial charge on any atom is 0.348 e. The van der Waals surface area contributed by atoms with E-state index in [1.54, 1.807) is 12.1 Å². The van der Waals surface area contributed by atoms with E-state index in [4.69, 9.17) is 18.6 Å². The summed E-state index contributed by atoms with van der Waals surface area (Å²) < 4.78 is 21.4. The van der Waals surface area contributed by atoms with Crippen molar-refractivity contribution in [2.75, 3.05) is 38.3 Å². The van der Waals surface area contributed by atoms with Crippen molar-refractivity contribution >= 4 is 29.0 Å². The Balaban J connectivity index is 1.51. The first-order valence-corrected chi connectivity index (χ1v) is 12.8. The molecule has 0 atom stereocenters. The van der Waals surface area contributed by atoms with Crippen molar-refractivity contribution in [3.63, 3.8) is 0 Å². The summed E-state index contributed by atoms with van der Waals surface area (Å²) >= 11 is 0.951. The van der Waals surface area contributed by atoms with E-state index in [0.717, 1.165) is 35.7 Å². The summed E-state index contributed by atoms with van der Waals surface area (Å²) in [6, 6.07) is 14.9. The number of anilines is 1. The molecule has 1 saturated heterocycles. The fourth-order valence-electron chi connectivity index (χ4n) is 4.24. The van der Waals surface area contributed by atoms with Crippen molar-refractivity contribution in [1.29, 1.82) is 5.26 Å². The standard InChI is InChI=1S/C28H23N3O7S/c1-35-28(34)24-13-21(27(32)33)25(39-24)16-38-26-22(14-29)20(18-6-9-37-15-18)12-23(30-26)17-2-4-19(5-3-17)31-7-10-36-11-8-31/h2-6,9,12-13,15H,7-8,10-11,16H2,1H3,(H,32,33). The average Bonchev–Trinajstić information content (AvgIpc) is 3.67. The van der Waals surface area contributed by atoms with Crippen molar-refractivity contribution in [1.82, 2.24) is 4.98 Å². The molecule has 1 fully saturated rings. The lowest BCUT2D eigenvalue weighted by Crippen LogP contribution is -2.36. The quantitative estimate of drug-likeness (QED) is 0.306. The molecule has 1 aliphatic rings. The van der Waals surface area contributed by atoms with Gasteiger partial charge in [-0.05, 0) is 30.3 Å². The molecule has 0 aliphatic carbocycles. The van der Waals surface area contributed by atoms with Gasteiger partial charge in [0.2, 0.25) is 5.88 Å². The lowest BCUT2D eigenvalue weighted by atomic mass is 10.0. The molecule has 3 aromatic heterocycles. The Morgan fingerprint density at radius 2 is 1.92 bits per heavy atom. The van der Waals surface area contributed by atoms with Gasteiger partial charge in [0, 0.05) is 35.5 Å². The second-order valence-electron chi connectivity index (χ2n) is 8.54. The van der Waals surface area contributed by atoms with Gasteiger partial charge in [-0.3, -0.25) is 0 Å². The summed E-state index contributed by atoms with van der Waals surface area (Å²) in [7, 11) is 1.22. The van der Waals surface area contributed by atoms with E-state index >= 15 is 0 Å². The molecule has 4 aromatic rings. The second-order valence-corrected chi connectivity index (χ2v) is 9.67. The third-order valence-corrected chi connectivity index (χ3v) is 7.32. The average molecular weight is 546 g/mol. The number of rotatable bonds is 8. The minimum absolute atomic E-state index is 0.0350. The van der Waals surface area contributed by atoms with Crippen LogP contribution in [0.3, 0.4) is 0 Å². The van der Waals surface area contributed by atoms with Gasteiger partial charge < -0.3 is 28.6 Å². The number of esters is 1. The minimum Gasteiger partial charge on any atom is -0.478 e. The maximum absolute atomic E-state index is 12.0. The highest BCUT2D eigenvalue weighted by molar-refractivity contribution is 7.14. The van der Waals surface area contributed by atoms with E-state index < -0.39 is 11.9 Å². The highest BCUT2D eigenvalue weighted by Crippen LogP contribution is 2.35. The number of pyridine rings is 1. The Hall–Kier alpha value is -4.66. The van der Waals surface area contributed by atoms with Crippen LogP contribution in [0.15, 0.2) is 59.4 Å². The Kier molecular flexibility index (Phi) is 7.58. The number of carbonyl (C=O) groups excluding carboxylic acids is 1. The zero-order valence-corrected chi connectivity index (χ0v) is 21.7. The third-order valence-electron chi connectivity index (χ3n) is 6.24. The van der Waals surface area contributed by atoms with E-state index in [2.05, 4.69) is 16.0 Å². The van der Waals surface area contributed by atoms with Gasteiger partial charge in [-0.15, -0.1) is 11.3 Å². The van der Waals surface area contributed by atoms with Crippen LogP contribution in [0.4, 0.5) is 5.69 Å². The summed E-state index contributed by atoms with van der Waals surface area (Å²) in [5, 5.41) is 19.6. The molecule has 0 unspecified atom stereocenters. The molecule has 39 heavy (non-hydrogen) atoms. The summed E-state index contributed by atoms with van der Waals surface area (Å²) in [4.78, 5) is 31.0. The van der Waals surface area contributed by atoms with E-state index in [-0.39, 0.29) is 28.5 Å². The van der Waals surface area contributed by atoms with Gasteiger partial charge in [0.25, 0.3) is 0 Å². The number of methoxy groups -OCH3 is 1. The second kappa shape index (κ2) is 11.4. The molecule has 198 valence electrons. The Bertz CT molecular complexity index is 1530. The Morgan fingerprint density at radius 3 is 2.56 bits per heavy atom. The summed E-state index contributed by atoms with van der Waals surface area (Å²) in [6.07, 6.45) is 3.03. The molecule has 0 radical (unpaired) electrons. The van der Waals surface area contributed by atoms with Crippen LogP contribution < -0.4 is 9.64 Å². The number of thiophene rings is 1. The van der Waals surface area contributed by atoms with Crippen LogP contribution >= 0.6 is 11.3 Å². The van der Waals surface area contributed by atoms with Crippen molar-refractivity contribution in [2.24, 2.45) is 0 Å². The molecule has 10 nitrogen and oxygen atoms in total. The van der Waals surface area contributed by atoms with Crippen molar-refractivity contribution in [2.45, 2.75) is 6.61 Å². The van der Waals surface area contributed by atoms with Crippen LogP contribution in [0, 0.1) is 11.3 Å². The van der Waals surface area contributed by atoms with Gasteiger partial charge in [-0.2, -0.15) is 5.26 Å². The first-order chi connectivity index (χ1) is 19.0. The van der Waals surface area contributed by atoms with Gasteiger partial charge in [-0.25, -0.2) is 14.6 Å². The SMILES string of the molecule is COC(=O)c1cc(C(=O)O)c(COc2nc(-c3ccc(N4CCOCC4)cc3)cc(-c3ccoc3)c2C#N)s1. The number of hydrogen-bond acceptors (Lipinski definition) is 10. The minimum atomic E-state index is -1.21. The molecular formula is C28H23N3O7S. The normalized spacial score (nSPS) is 13.1. The topological polar surface area (TPSA) is 135 Å². The van der Waals surface area contributed by atoms with Crippen molar-refractivity contribution < 1.29 is 33.3 Å². The van der Waals surface area contributed by atoms with Crippen LogP contribution in [0.25, 0.3) is 22.4 Å². The van der Waals surface area contributed by atoms with Crippen molar-refractivity contribution in [3.8, 4) is 34.3 Å². The van der Waals surface area contributed by atoms with Crippen LogP contribution in [0.1, 0.15) is 30.5 Å². The number of morpholine rings is 1. The Morgan fingerprint density at radius 1 is 1.15 bits per heavy atom. The largest absolute Gasteiger partial charge is 0.478 e. The first-order valence-electron chi connectivity index (χ1n) is 12.0. The monoisotopic (exact) mass is 545 g/mol. The summed E-state index contributed by atoms with van der Waals surface area (Å²) in [5.74, 6) is -1.82. The number of carboxylic acid groups (broad SMARTS) is 1.